The summed E-state index contributed by atoms with van der Waals surface area (Å²) in [5.74, 6) is -0.0863. The fraction of sp³-hybridized carbons (Fsp3) is 0.611. The van der Waals surface area contributed by atoms with Crippen LogP contribution in [0, 0.1) is 0 Å². The van der Waals surface area contributed by atoms with Gasteiger partial charge in [-0.05, 0) is 24.5 Å². The molecule has 1 fully saturated rings. The van der Waals surface area contributed by atoms with Crippen LogP contribution in [0.2, 0.25) is 0 Å². The standard InChI is InChI=1S/C18H29N3O2.2ClH/c1-3-8-18(2,19)17(22)20-13-15-4-6-16(7-5-15)14-21-9-11-23-12-10-21;;/h4-7H,3,8-14,19H2,1-2H3,(H,20,22);2*1H. The molecule has 144 valence electrons. The molecule has 5 nitrogen and oxygen atoms in total. The topological polar surface area (TPSA) is 67.6 Å². The Morgan fingerprint density at radius 3 is 2.32 bits per heavy atom. The third kappa shape index (κ3) is 7.92. The summed E-state index contributed by atoms with van der Waals surface area (Å²) in [5.41, 5.74) is 7.63. The number of morpholine rings is 1. The average molecular weight is 392 g/mol. The Labute approximate surface area is 163 Å². The van der Waals surface area contributed by atoms with E-state index in [0.29, 0.717) is 13.0 Å². The van der Waals surface area contributed by atoms with Crippen molar-refractivity contribution < 1.29 is 9.53 Å². The minimum atomic E-state index is -0.787. The second-order valence-electron chi connectivity index (χ2n) is 6.56. The van der Waals surface area contributed by atoms with E-state index in [2.05, 4.69) is 34.5 Å². The normalized spacial score (nSPS) is 16.9. The van der Waals surface area contributed by atoms with E-state index in [-0.39, 0.29) is 30.7 Å². The molecular weight excluding hydrogens is 361 g/mol. The summed E-state index contributed by atoms with van der Waals surface area (Å²) in [6, 6.07) is 8.41. The van der Waals surface area contributed by atoms with Crippen LogP contribution in [0.1, 0.15) is 37.8 Å². The highest BCUT2D eigenvalue weighted by atomic mass is 35.5. The fourth-order valence-electron chi connectivity index (χ4n) is 2.80. The molecule has 1 atom stereocenters. The number of nitrogens with two attached hydrogens (primary N) is 1. The Hall–Kier alpha value is -0.850. The van der Waals surface area contributed by atoms with Crippen molar-refractivity contribution in [3.05, 3.63) is 35.4 Å². The van der Waals surface area contributed by atoms with Gasteiger partial charge in [0.2, 0.25) is 5.91 Å². The van der Waals surface area contributed by atoms with E-state index >= 15 is 0 Å². The lowest BCUT2D eigenvalue weighted by atomic mass is 9.96. The lowest BCUT2D eigenvalue weighted by Gasteiger charge is -2.26. The molecule has 1 aromatic carbocycles. The fourth-order valence-corrected chi connectivity index (χ4v) is 2.80. The van der Waals surface area contributed by atoms with E-state index in [1.165, 1.54) is 5.56 Å². The summed E-state index contributed by atoms with van der Waals surface area (Å²) in [6.45, 7) is 8.91. The number of amides is 1. The number of hydrogen-bond acceptors (Lipinski definition) is 4. The van der Waals surface area contributed by atoms with Crippen LogP contribution in [0.3, 0.4) is 0 Å². The third-order valence-electron chi connectivity index (χ3n) is 4.27. The molecule has 0 aromatic heterocycles. The molecule has 1 aliphatic rings. The number of carbonyl (C=O) groups excluding carboxylic acids is 1. The zero-order valence-corrected chi connectivity index (χ0v) is 16.8. The van der Waals surface area contributed by atoms with Crippen molar-refractivity contribution in [3.63, 3.8) is 0 Å². The van der Waals surface area contributed by atoms with E-state index in [1.54, 1.807) is 6.92 Å². The van der Waals surface area contributed by atoms with E-state index in [4.69, 9.17) is 10.5 Å². The van der Waals surface area contributed by atoms with Gasteiger partial charge in [0.15, 0.2) is 0 Å². The molecule has 1 aliphatic heterocycles. The predicted octanol–water partition coefficient (Wildman–Crippen LogP) is 2.50. The molecule has 0 spiro atoms. The van der Waals surface area contributed by atoms with Crippen LogP contribution in [0.4, 0.5) is 0 Å². The smallest absolute Gasteiger partial charge is 0.240 e. The maximum absolute atomic E-state index is 12.1. The summed E-state index contributed by atoms with van der Waals surface area (Å²) >= 11 is 0. The minimum absolute atomic E-state index is 0. The number of nitrogens with one attached hydrogen (secondary N) is 1. The SMILES string of the molecule is CCCC(C)(N)C(=O)NCc1ccc(CN2CCOCC2)cc1.Cl.Cl. The molecule has 7 heteroatoms. The van der Waals surface area contributed by atoms with Gasteiger partial charge in [-0.2, -0.15) is 0 Å². The third-order valence-corrected chi connectivity index (χ3v) is 4.27. The average Bonchev–Trinajstić information content (AvgIpc) is 2.55. The first-order chi connectivity index (χ1) is 11.0. The van der Waals surface area contributed by atoms with Crippen LogP contribution in [-0.2, 0) is 22.6 Å². The van der Waals surface area contributed by atoms with Crippen LogP contribution >= 0.6 is 24.8 Å². The van der Waals surface area contributed by atoms with Crippen molar-refractivity contribution in [2.24, 2.45) is 5.73 Å². The largest absolute Gasteiger partial charge is 0.379 e. The number of rotatable bonds is 7. The highest BCUT2D eigenvalue weighted by Crippen LogP contribution is 2.11. The van der Waals surface area contributed by atoms with Gasteiger partial charge in [0.05, 0.1) is 18.8 Å². The van der Waals surface area contributed by atoms with Gasteiger partial charge in [0, 0.05) is 26.2 Å². The van der Waals surface area contributed by atoms with Crippen molar-refractivity contribution in [1.29, 1.82) is 0 Å². The maximum atomic E-state index is 12.1. The van der Waals surface area contributed by atoms with Crippen LogP contribution in [-0.4, -0.2) is 42.6 Å². The zero-order chi connectivity index (χ0) is 16.7. The monoisotopic (exact) mass is 391 g/mol. The van der Waals surface area contributed by atoms with Gasteiger partial charge in [-0.1, -0.05) is 37.6 Å². The molecule has 0 saturated carbocycles. The number of carbonyl (C=O) groups is 1. The second kappa shape index (κ2) is 11.7. The molecule has 1 heterocycles. The highest BCUT2D eigenvalue weighted by Gasteiger charge is 2.26. The minimum Gasteiger partial charge on any atom is -0.379 e. The lowest BCUT2D eigenvalue weighted by molar-refractivity contribution is -0.126. The van der Waals surface area contributed by atoms with Gasteiger partial charge in [-0.15, -0.1) is 24.8 Å². The van der Waals surface area contributed by atoms with Crippen molar-refractivity contribution in [2.75, 3.05) is 26.3 Å². The van der Waals surface area contributed by atoms with Crippen molar-refractivity contribution in [2.45, 2.75) is 45.3 Å². The molecule has 1 saturated heterocycles. The molecule has 0 radical (unpaired) electrons. The number of halogens is 2. The number of ether oxygens (including phenoxy) is 1. The van der Waals surface area contributed by atoms with Gasteiger partial charge in [0.25, 0.3) is 0 Å². The second-order valence-corrected chi connectivity index (χ2v) is 6.56. The quantitative estimate of drug-likeness (QED) is 0.748. The van der Waals surface area contributed by atoms with Crippen molar-refractivity contribution >= 4 is 30.7 Å². The number of benzene rings is 1. The lowest BCUT2D eigenvalue weighted by Crippen LogP contribution is -2.51. The van der Waals surface area contributed by atoms with Gasteiger partial charge >= 0.3 is 0 Å². The summed E-state index contributed by atoms with van der Waals surface area (Å²) in [5, 5.41) is 2.93. The van der Waals surface area contributed by atoms with Crippen LogP contribution in [0.15, 0.2) is 24.3 Å². The van der Waals surface area contributed by atoms with Gasteiger partial charge in [0.1, 0.15) is 0 Å². The summed E-state index contributed by atoms with van der Waals surface area (Å²) in [6.07, 6.45) is 1.59. The molecule has 1 aromatic rings. The van der Waals surface area contributed by atoms with Crippen molar-refractivity contribution in [3.8, 4) is 0 Å². The van der Waals surface area contributed by atoms with Crippen LogP contribution in [0.25, 0.3) is 0 Å². The maximum Gasteiger partial charge on any atom is 0.240 e. The molecule has 1 amide bonds. The molecule has 2 rings (SSSR count). The van der Waals surface area contributed by atoms with Gasteiger partial charge in [-0.25, -0.2) is 0 Å². The summed E-state index contributed by atoms with van der Waals surface area (Å²) in [4.78, 5) is 14.5. The van der Waals surface area contributed by atoms with Gasteiger partial charge in [-0.3, -0.25) is 9.69 Å². The van der Waals surface area contributed by atoms with Crippen LogP contribution in [0.5, 0.6) is 0 Å². The number of hydrogen-bond donors (Lipinski definition) is 2. The predicted molar refractivity (Wildman–Crippen MR) is 106 cm³/mol. The molecule has 0 bridgehead atoms. The van der Waals surface area contributed by atoms with Crippen molar-refractivity contribution in [1.82, 2.24) is 10.2 Å². The molecule has 25 heavy (non-hydrogen) atoms. The van der Waals surface area contributed by atoms with E-state index in [9.17, 15) is 4.79 Å². The first-order valence-electron chi connectivity index (χ1n) is 8.46. The Kier molecular flexibility index (Phi) is 11.3. The molecular formula is C18H31Cl2N3O2. The van der Waals surface area contributed by atoms with E-state index in [0.717, 1.165) is 44.8 Å². The Morgan fingerprint density at radius 1 is 1.20 bits per heavy atom. The molecule has 3 N–H and O–H groups in total. The Balaban J connectivity index is 0.00000288. The van der Waals surface area contributed by atoms with E-state index in [1.807, 2.05) is 6.92 Å². The first kappa shape index (κ1) is 24.1. The zero-order valence-electron chi connectivity index (χ0n) is 15.1. The molecule has 0 aliphatic carbocycles. The Bertz CT molecular complexity index is 504. The summed E-state index contributed by atoms with van der Waals surface area (Å²) < 4.78 is 5.36. The molecule has 1 unspecified atom stereocenters. The van der Waals surface area contributed by atoms with Gasteiger partial charge < -0.3 is 15.8 Å². The van der Waals surface area contributed by atoms with E-state index < -0.39 is 5.54 Å². The van der Waals surface area contributed by atoms with Crippen LogP contribution < -0.4 is 11.1 Å². The first-order valence-corrected chi connectivity index (χ1v) is 8.46. The number of nitrogens with zero attached hydrogens (tertiary/aromatic N) is 1. The Morgan fingerprint density at radius 2 is 1.76 bits per heavy atom. The highest BCUT2D eigenvalue weighted by molar-refractivity contribution is 5.86. The summed E-state index contributed by atoms with van der Waals surface area (Å²) in [7, 11) is 0.